The highest BCUT2D eigenvalue weighted by molar-refractivity contribution is 6.30. The fourth-order valence-corrected chi connectivity index (χ4v) is 3.31. The molecule has 0 aliphatic carbocycles. The first kappa shape index (κ1) is 18.4. The van der Waals surface area contributed by atoms with Crippen LogP contribution in [0.5, 0.6) is 0 Å². The molecule has 1 heterocycles. The van der Waals surface area contributed by atoms with Crippen LogP contribution in [0.15, 0.2) is 42.5 Å². The van der Waals surface area contributed by atoms with Crippen molar-refractivity contribution in [3.8, 4) is 0 Å². The van der Waals surface area contributed by atoms with Gasteiger partial charge in [0.15, 0.2) is 0 Å². The number of nitrogens with zero attached hydrogens (tertiary/aromatic N) is 1. The average molecular weight is 375 g/mol. The summed E-state index contributed by atoms with van der Waals surface area (Å²) < 4.78 is 13.8. The number of rotatable bonds is 5. The quantitative estimate of drug-likeness (QED) is 0.809. The molecule has 2 aromatic carbocycles. The zero-order valence-electron chi connectivity index (χ0n) is 14.3. The minimum absolute atomic E-state index is 0.0460. The molecule has 0 atom stereocenters. The van der Waals surface area contributed by atoms with E-state index in [0.29, 0.717) is 16.1 Å². The van der Waals surface area contributed by atoms with Crippen molar-refractivity contribution >= 4 is 29.5 Å². The van der Waals surface area contributed by atoms with Crippen molar-refractivity contribution in [3.05, 3.63) is 64.4 Å². The monoisotopic (exact) mass is 374 g/mol. The van der Waals surface area contributed by atoms with Crippen molar-refractivity contribution in [3.63, 3.8) is 0 Å². The lowest BCUT2D eigenvalue weighted by Gasteiger charge is -2.33. The van der Waals surface area contributed by atoms with E-state index in [1.807, 2.05) is 12.1 Å². The largest absolute Gasteiger partial charge is 0.371 e. The van der Waals surface area contributed by atoms with Crippen LogP contribution in [0.4, 0.5) is 10.1 Å². The van der Waals surface area contributed by atoms with Gasteiger partial charge >= 0.3 is 0 Å². The third kappa shape index (κ3) is 4.41. The van der Waals surface area contributed by atoms with Crippen molar-refractivity contribution in [2.45, 2.75) is 19.4 Å². The van der Waals surface area contributed by atoms with Crippen molar-refractivity contribution in [2.24, 2.45) is 5.92 Å². The summed E-state index contributed by atoms with van der Waals surface area (Å²) in [6.07, 6.45) is 2.30. The first-order chi connectivity index (χ1) is 12.6. The predicted molar refractivity (Wildman–Crippen MR) is 100 cm³/mol. The summed E-state index contributed by atoms with van der Waals surface area (Å²) >= 11 is 5.73. The summed E-state index contributed by atoms with van der Waals surface area (Å²) in [7, 11) is 0. The maximum atomic E-state index is 13.8. The number of piperidine rings is 1. The number of carbonyl (C=O) groups excluding carboxylic acids is 2. The molecular weight excluding hydrogens is 355 g/mol. The van der Waals surface area contributed by atoms with E-state index in [4.69, 9.17) is 11.6 Å². The van der Waals surface area contributed by atoms with Crippen molar-refractivity contribution in [2.75, 3.05) is 18.0 Å². The normalized spacial score (nSPS) is 14.9. The standard InChI is InChI=1S/C20H20ClFN2O2/c21-17-4-3-16(19(22)11-17)12-23-20(26)15-7-9-24(10-8-15)18-5-1-14(13-25)2-6-18/h1-6,11,13,15H,7-10,12H2,(H,23,26). The van der Waals surface area contributed by atoms with Crippen molar-refractivity contribution in [1.82, 2.24) is 5.32 Å². The molecule has 136 valence electrons. The second kappa shape index (κ2) is 8.32. The zero-order valence-corrected chi connectivity index (χ0v) is 15.0. The van der Waals surface area contributed by atoms with Crippen molar-refractivity contribution in [1.29, 1.82) is 0 Å². The van der Waals surface area contributed by atoms with Crippen molar-refractivity contribution < 1.29 is 14.0 Å². The lowest BCUT2D eigenvalue weighted by atomic mass is 9.95. The van der Waals surface area contributed by atoms with Crippen LogP contribution in [0.3, 0.4) is 0 Å². The Bertz CT molecular complexity index is 787. The van der Waals surface area contributed by atoms with Gasteiger partial charge in [0.1, 0.15) is 12.1 Å². The Balaban J connectivity index is 1.50. The van der Waals surface area contributed by atoms with Crippen LogP contribution in [0.25, 0.3) is 0 Å². The predicted octanol–water partition coefficient (Wildman–Crippen LogP) is 3.82. The Hall–Kier alpha value is -2.40. The lowest BCUT2D eigenvalue weighted by molar-refractivity contribution is -0.125. The lowest BCUT2D eigenvalue weighted by Crippen LogP contribution is -2.40. The van der Waals surface area contributed by atoms with Crippen LogP contribution < -0.4 is 10.2 Å². The number of hydrogen-bond donors (Lipinski definition) is 1. The topological polar surface area (TPSA) is 49.4 Å². The van der Waals surface area contributed by atoms with Gasteiger partial charge in [0.25, 0.3) is 0 Å². The highest BCUT2D eigenvalue weighted by Gasteiger charge is 2.25. The highest BCUT2D eigenvalue weighted by Crippen LogP contribution is 2.24. The van der Waals surface area contributed by atoms with Gasteiger partial charge in [0, 0.05) is 47.4 Å². The van der Waals surface area contributed by atoms with Crippen LogP contribution >= 0.6 is 11.6 Å². The van der Waals surface area contributed by atoms with E-state index >= 15 is 0 Å². The van der Waals surface area contributed by atoms with E-state index in [2.05, 4.69) is 10.2 Å². The van der Waals surface area contributed by atoms with E-state index in [1.165, 1.54) is 6.07 Å². The van der Waals surface area contributed by atoms with Crippen LogP contribution in [0.2, 0.25) is 5.02 Å². The molecule has 26 heavy (non-hydrogen) atoms. The highest BCUT2D eigenvalue weighted by atomic mass is 35.5. The Morgan fingerprint density at radius 3 is 2.50 bits per heavy atom. The number of amides is 1. The molecule has 1 aliphatic heterocycles. The minimum Gasteiger partial charge on any atom is -0.371 e. The maximum Gasteiger partial charge on any atom is 0.223 e. The van der Waals surface area contributed by atoms with Gasteiger partial charge in [0.2, 0.25) is 5.91 Å². The molecule has 1 N–H and O–H groups in total. The summed E-state index contributed by atoms with van der Waals surface area (Å²) in [4.78, 5) is 25.3. The number of benzene rings is 2. The second-order valence-corrected chi connectivity index (χ2v) is 6.86. The van der Waals surface area contributed by atoms with Gasteiger partial charge in [-0.05, 0) is 49.2 Å². The minimum atomic E-state index is -0.411. The Morgan fingerprint density at radius 1 is 1.19 bits per heavy atom. The van der Waals surface area contributed by atoms with Gasteiger partial charge in [-0.2, -0.15) is 0 Å². The Labute approximate surface area is 157 Å². The number of anilines is 1. The fraction of sp³-hybridized carbons (Fsp3) is 0.300. The zero-order chi connectivity index (χ0) is 18.5. The summed E-state index contributed by atoms with van der Waals surface area (Å²) in [5.41, 5.74) is 2.13. The summed E-state index contributed by atoms with van der Waals surface area (Å²) in [5, 5.41) is 3.16. The average Bonchev–Trinajstić information content (AvgIpc) is 2.67. The second-order valence-electron chi connectivity index (χ2n) is 6.42. The maximum absolute atomic E-state index is 13.8. The number of aldehydes is 1. The van der Waals surface area contributed by atoms with E-state index < -0.39 is 5.82 Å². The molecule has 0 aromatic heterocycles. The number of hydrogen-bond acceptors (Lipinski definition) is 3. The third-order valence-electron chi connectivity index (χ3n) is 4.73. The molecule has 2 aromatic rings. The van der Waals surface area contributed by atoms with E-state index in [1.54, 1.807) is 24.3 Å². The number of carbonyl (C=O) groups is 2. The van der Waals surface area contributed by atoms with Crippen LogP contribution in [0.1, 0.15) is 28.8 Å². The first-order valence-corrected chi connectivity index (χ1v) is 8.96. The molecular formula is C20H20ClFN2O2. The summed E-state index contributed by atoms with van der Waals surface area (Å²) in [5.74, 6) is -0.530. The molecule has 1 amide bonds. The Kier molecular flexibility index (Phi) is 5.89. The molecule has 0 bridgehead atoms. The Morgan fingerprint density at radius 2 is 1.88 bits per heavy atom. The van der Waals surface area contributed by atoms with Gasteiger partial charge in [-0.25, -0.2) is 4.39 Å². The van der Waals surface area contributed by atoms with Crippen LogP contribution in [-0.4, -0.2) is 25.3 Å². The number of nitrogens with one attached hydrogen (secondary N) is 1. The molecule has 0 spiro atoms. The number of halogens is 2. The summed E-state index contributed by atoms with van der Waals surface area (Å²) in [6, 6.07) is 11.9. The molecule has 0 radical (unpaired) electrons. The molecule has 0 unspecified atom stereocenters. The molecule has 1 aliphatic rings. The van der Waals surface area contributed by atoms with Gasteiger partial charge < -0.3 is 10.2 Å². The van der Waals surface area contributed by atoms with E-state index in [-0.39, 0.29) is 18.4 Å². The SMILES string of the molecule is O=Cc1ccc(N2CCC(C(=O)NCc3ccc(Cl)cc3F)CC2)cc1. The molecule has 1 fully saturated rings. The van der Waals surface area contributed by atoms with Gasteiger partial charge in [0.05, 0.1) is 0 Å². The molecule has 1 saturated heterocycles. The first-order valence-electron chi connectivity index (χ1n) is 8.58. The van der Waals surface area contributed by atoms with Gasteiger partial charge in [-0.3, -0.25) is 9.59 Å². The smallest absolute Gasteiger partial charge is 0.223 e. The fourth-order valence-electron chi connectivity index (χ4n) is 3.16. The molecule has 3 rings (SSSR count). The van der Waals surface area contributed by atoms with Gasteiger partial charge in [-0.1, -0.05) is 17.7 Å². The summed E-state index contributed by atoms with van der Waals surface area (Å²) in [6.45, 7) is 1.71. The van der Waals surface area contributed by atoms with Crippen LogP contribution in [0, 0.1) is 11.7 Å². The molecule has 6 heteroatoms. The van der Waals surface area contributed by atoms with E-state index in [9.17, 15) is 14.0 Å². The molecule has 0 saturated carbocycles. The van der Waals surface area contributed by atoms with E-state index in [0.717, 1.165) is 37.9 Å². The van der Waals surface area contributed by atoms with Crippen LogP contribution in [-0.2, 0) is 11.3 Å². The van der Waals surface area contributed by atoms with Gasteiger partial charge in [-0.15, -0.1) is 0 Å². The molecule has 4 nitrogen and oxygen atoms in total. The third-order valence-corrected chi connectivity index (χ3v) is 4.96.